The second-order valence-corrected chi connectivity index (χ2v) is 10.9. The normalized spacial score (nSPS) is 13.6. The smallest absolute Gasteiger partial charge is 0.407 e. The van der Waals surface area contributed by atoms with Crippen LogP contribution in [0.1, 0.15) is 49.8 Å². The van der Waals surface area contributed by atoms with Crippen LogP contribution in [-0.4, -0.2) is 34.9 Å². The summed E-state index contributed by atoms with van der Waals surface area (Å²) in [5.41, 5.74) is 6.16. The molecule has 0 bridgehead atoms. The first kappa shape index (κ1) is 25.6. The molecule has 0 spiro atoms. The number of amides is 1. The van der Waals surface area contributed by atoms with E-state index in [2.05, 4.69) is 58.4 Å². The maximum absolute atomic E-state index is 13.0. The first-order chi connectivity index (χ1) is 18.2. The average Bonchev–Trinajstić information content (AvgIpc) is 3.41. The molecule has 1 amide bonds. The van der Waals surface area contributed by atoms with Gasteiger partial charge in [-0.2, -0.15) is 0 Å². The molecule has 6 nitrogen and oxygen atoms in total. The van der Waals surface area contributed by atoms with Crippen LogP contribution in [0.2, 0.25) is 0 Å². The van der Waals surface area contributed by atoms with Crippen LogP contribution in [-0.2, 0) is 27.7 Å². The third kappa shape index (κ3) is 5.44. The minimum absolute atomic E-state index is 0.0508. The van der Waals surface area contributed by atoms with Crippen LogP contribution in [0.15, 0.2) is 79.0 Å². The summed E-state index contributed by atoms with van der Waals surface area (Å²) in [6.45, 7) is 5.64. The Bertz CT molecular complexity index is 1430. The number of carbonyl (C=O) groups excluding carboxylic acids is 2. The van der Waals surface area contributed by atoms with Gasteiger partial charge in [-0.15, -0.1) is 0 Å². The fourth-order valence-corrected chi connectivity index (χ4v) is 5.18. The fourth-order valence-electron chi connectivity index (χ4n) is 5.18. The Morgan fingerprint density at radius 3 is 2.26 bits per heavy atom. The van der Waals surface area contributed by atoms with E-state index in [-0.39, 0.29) is 12.5 Å². The van der Waals surface area contributed by atoms with Gasteiger partial charge in [0.2, 0.25) is 0 Å². The van der Waals surface area contributed by atoms with Gasteiger partial charge in [0.1, 0.15) is 18.2 Å². The Morgan fingerprint density at radius 1 is 0.947 bits per heavy atom. The van der Waals surface area contributed by atoms with Crippen LogP contribution < -0.4 is 5.32 Å². The summed E-state index contributed by atoms with van der Waals surface area (Å²) >= 11 is 0. The van der Waals surface area contributed by atoms with Crippen molar-refractivity contribution in [3.05, 3.63) is 95.7 Å². The van der Waals surface area contributed by atoms with E-state index in [0.717, 1.165) is 27.6 Å². The molecule has 1 aromatic heterocycles. The van der Waals surface area contributed by atoms with Gasteiger partial charge >= 0.3 is 12.1 Å². The zero-order valence-electron chi connectivity index (χ0n) is 22.4. The molecular formula is C32H34N2O4. The molecule has 196 valence electrons. The van der Waals surface area contributed by atoms with Crippen molar-refractivity contribution in [3.8, 4) is 11.1 Å². The molecule has 3 aromatic carbocycles. The molecule has 1 N–H and O–H groups in total. The molecule has 1 aliphatic carbocycles. The highest BCUT2D eigenvalue weighted by atomic mass is 16.6. The van der Waals surface area contributed by atoms with Crippen molar-refractivity contribution >= 4 is 23.0 Å². The van der Waals surface area contributed by atoms with Crippen molar-refractivity contribution in [1.82, 2.24) is 9.88 Å². The number of aryl methyl sites for hydroxylation is 2. The van der Waals surface area contributed by atoms with E-state index in [1.807, 2.05) is 58.3 Å². The summed E-state index contributed by atoms with van der Waals surface area (Å²) in [5.74, 6) is -0.518. The van der Waals surface area contributed by atoms with E-state index in [4.69, 9.17) is 9.47 Å². The molecular weight excluding hydrogens is 476 g/mol. The van der Waals surface area contributed by atoms with Gasteiger partial charge in [-0.05, 0) is 78.9 Å². The monoisotopic (exact) mass is 510 g/mol. The number of carbonyl (C=O) groups is 2. The van der Waals surface area contributed by atoms with E-state index in [1.54, 1.807) is 0 Å². The molecule has 0 fully saturated rings. The molecule has 1 atom stereocenters. The number of benzene rings is 3. The second-order valence-electron chi connectivity index (χ2n) is 10.9. The summed E-state index contributed by atoms with van der Waals surface area (Å²) in [7, 11) is 2.01. The number of hydrogen-bond acceptors (Lipinski definition) is 4. The van der Waals surface area contributed by atoms with Crippen molar-refractivity contribution in [2.75, 3.05) is 6.61 Å². The maximum Gasteiger partial charge on any atom is 0.407 e. The van der Waals surface area contributed by atoms with Crippen LogP contribution >= 0.6 is 0 Å². The quantitative estimate of drug-likeness (QED) is 0.294. The van der Waals surface area contributed by atoms with Crippen LogP contribution in [0.3, 0.4) is 0 Å². The molecule has 1 aliphatic rings. The minimum Gasteiger partial charge on any atom is -0.458 e. The molecule has 4 aromatic rings. The molecule has 38 heavy (non-hydrogen) atoms. The van der Waals surface area contributed by atoms with Gasteiger partial charge < -0.3 is 19.4 Å². The Balaban J connectivity index is 1.27. The summed E-state index contributed by atoms with van der Waals surface area (Å²) in [5, 5.41) is 3.95. The van der Waals surface area contributed by atoms with Crippen molar-refractivity contribution < 1.29 is 19.1 Å². The lowest BCUT2D eigenvalue weighted by Gasteiger charge is -2.25. The van der Waals surface area contributed by atoms with Crippen molar-refractivity contribution in [1.29, 1.82) is 0 Å². The number of fused-ring (bicyclic) bond motifs is 4. The lowest BCUT2D eigenvalue weighted by atomic mass is 9.98. The summed E-state index contributed by atoms with van der Waals surface area (Å²) in [6, 6.07) is 23.9. The highest BCUT2D eigenvalue weighted by molar-refractivity contribution is 5.83. The number of ether oxygens (including phenoxy) is 2. The first-order valence-electron chi connectivity index (χ1n) is 13.1. The fraction of sp³-hybridized carbons (Fsp3) is 0.312. The van der Waals surface area contributed by atoms with Gasteiger partial charge in [-0.3, -0.25) is 0 Å². The number of rotatable bonds is 7. The largest absolute Gasteiger partial charge is 0.458 e. The highest BCUT2D eigenvalue weighted by Crippen LogP contribution is 2.44. The summed E-state index contributed by atoms with van der Waals surface area (Å²) in [4.78, 5) is 26.0. The Labute approximate surface area is 223 Å². The standard InChI is InChI=1S/C32H34N2O4/c1-32(2,3)38-30(35)28(16-14-21-13-15-22-17-18-34(4)29(22)19-21)33-31(36)37-20-27-25-11-7-5-9-23(25)24-10-6-8-12-26(24)27/h5-13,15,17-19,27-28H,14,16,20H2,1-4H3,(H,33,36). The number of nitrogens with zero attached hydrogens (tertiary/aromatic N) is 1. The first-order valence-corrected chi connectivity index (χ1v) is 13.1. The van der Waals surface area contributed by atoms with Crippen molar-refractivity contribution in [2.45, 2.75) is 51.2 Å². The van der Waals surface area contributed by atoms with Crippen LogP contribution in [0.25, 0.3) is 22.0 Å². The lowest BCUT2D eigenvalue weighted by molar-refractivity contribution is -0.157. The summed E-state index contributed by atoms with van der Waals surface area (Å²) < 4.78 is 13.4. The van der Waals surface area contributed by atoms with E-state index < -0.39 is 23.7 Å². The number of esters is 1. The van der Waals surface area contributed by atoms with Gasteiger partial charge in [0, 0.05) is 24.7 Å². The number of hydrogen-bond donors (Lipinski definition) is 1. The molecule has 0 saturated heterocycles. The second kappa shape index (κ2) is 10.4. The summed E-state index contributed by atoms with van der Waals surface area (Å²) in [6.07, 6.45) is 2.40. The third-order valence-electron chi connectivity index (χ3n) is 7.00. The topological polar surface area (TPSA) is 69.6 Å². The van der Waals surface area contributed by atoms with Crippen molar-refractivity contribution in [2.24, 2.45) is 7.05 Å². The number of aromatic nitrogens is 1. The van der Waals surface area contributed by atoms with Gasteiger partial charge in [-0.1, -0.05) is 60.7 Å². The Hall–Kier alpha value is -4.06. The third-order valence-corrected chi connectivity index (χ3v) is 7.00. The minimum atomic E-state index is -0.825. The van der Waals surface area contributed by atoms with Crippen LogP contribution in [0.5, 0.6) is 0 Å². The molecule has 6 heteroatoms. The van der Waals surface area contributed by atoms with Gasteiger partial charge in [0.15, 0.2) is 0 Å². The predicted octanol–water partition coefficient (Wildman–Crippen LogP) is 6.36. The zero-order chi connectivity index (χ0) is 26.9. The van der Waals surface area contributed by atoms with Gasteiger partial charge in [0.05, 0.1) is 0 Å². The average molecular weight is 511 g/mol. The number of nitrogens with one attached hydrogen (secondary N) is 1. The van der Waals surface area contributed by atoms with Gasteiger partial charge in [0.25, 0.3) is 0 Å². The van der Waals surface area contributed by atoms with Gasteiger partial charge in [-0.25, -0.2) is 9.59 Å². The Morgan fingerprint density at radius 2 is 1.61 bits per heavy atom. The molecule has 0 radical (unpaired) electrons. The maximum atomic E-state index is 13.0. The molecule has 0 aliphatic heterocycles. The van der Waals surface area contributed by atoms with Crippen LogP contribution in [0, 0.1) is 0 Å². The van der Waals surface area contributed by atoms with E-state index in [1.165, 1.54) is 11.1 Å². The van der Waals surface area contributed by atoms with Crippen LogP contribution in [0.4, 0.5) is 4.79 Å². The predicted molar refractivity (Wildman–Crippen MR) is 149 cm³/mol. The van der Waals surface area contributed by atoms with Crippen molar-refractivity contribution in [3.63, 3.8) is 0 Å². The van der Waals surface area contributed by atoms with E-state index in [9.17, 15) is 9.59 Å². The number of alkyl carbamates (subject to hydrolysis) is 1. The molecule has 5 rings (SSSR count). The molecule has 1 heterocycles. The molecule has 1 unspecified atom stereocenters. The SMILES string of the molecule is Cn1ccc2ccc(CCC(NC(=O)OCC3c4ccccc4-c4ccccc43)C(=O)OC(C)(C)C)cc21. The lowest BCUT2D eigenvalue weighted by Crippen LogP contribution is -2.45. The van der Waals surface area contributed by atoms with E-state index in [0.29, 0.717) is 12.8 Å². The highest BCUT2D eigenvalue weighted by Gasteiger charge is 2.31. The molecule has 0 saturated carbocycles. The Kier molecular flexibility index (Phi) is 6.98. The zero-order valence-corrected chi connectivity index (χ0v) is 22.4. The van der Waals surface area contributed by atoms with E-state index >= 15 is 0 Å².